The van der Waals surface area contributed by atoms with Gasteiger partial charge in [0.05, 0.1) is 7.11 Å². The SMILES string of the molecule is COc1ccccc1C(O)COc1cccc(C)c1F. The van der Waals surface area contributed by atoms with Crippen LogP contribution in [0.5, 0.6) is 11.5 Å². The molecular formula is C16H17FO3. The highest BCUT2D eigenvalue weighted by atomic mass is 19.1. The van der Waals surface area contributed by atoms with E-state index in [4.69, 9.17) is 9.47 Å². The van der Waals surface area contributed by atoms with Gasteiger partial charge in [-0.25, -0.2) is 4.39 Å². The van der Waals surface area contributed by atoms with Crippen LogP contribution in [0.1, 0.15) is 17.2 Å². The first-order valence-corrected chi connectivity index (χ1v) is 6.32. The Kier molecular flexibility index (Phi) is 4.58. The molecule has 0 spiro atoms. The van der Waals surface area contributed by atoms with Crippen LogP contribution >= 0.6 is 0 Å². The predicted octanol–water partition coefficient (Wildman–Crippen LogP) is 3.26. The standard InChI is InChI=1S/C16H17FO3/c1-11-6-5-9-15(16(11)17)20-10-13(18)12-7-3-4-8-14(12)19-2/h3-9,13,18H,10H2,1-2H3. The third-order valence-electron chi connectivity index (χ3n) is 3.05. The molecule has 0 radical (unpaired) electrons. The Labute approximate surface area is 117 Å². The minimum atomic E-state index is -0.883. The van der Waals surface area contributed by atoms with Gasteiger partial charge in [0.1, 0.15) is 18.5 Å². The molecule has 0 aromatic heterocycles. The van der Waals surface area contributed by atoms with E-state index in [1.165, 1.54) is 13.2 Å². The maximum Gasteiger partial charge on any atom is 0.167 e. The van der Waals surface area contributed by atoms with E-state index in [2.05, 4.69) is 0 Å². The Balaban J connectivity index is 2.09. The molecule has 2 rings (SSSR count). The third-order valence-corrected chi connectivity index (χ3v) is 3.05. The molecule has 20 heavy (non-hydrogen) atoms. The topological polar surface area (TPSA) is 38.7 Å². The fraction of sp³-hybridized carbons (Fsp3) is 0.250. The number of benzene rings is 2. The van der Waals surface area contributed by atoms with E-state index in [1.807, 2.05) is 6.07 Å². The van der Waals surface area contributed by atoms with Crippen molar-refractivity contribution >= 4 is 0 Å². The van der Waals surface area contributed by atoms with Gasteiger partial charge in [-0.15, -0.1) is 0 Å². The molecule has 4 heteroatoms. The van der Waals surface area contributed by atoms with Gasteiger partial charge in [-0.3, -0.25) is 0 Å². The lowest BCUT2D eigenvalue weighted by molar-refractivity contribution is 0.103. The lowest BCUT2D eigenvalue weighted by Crippen LogP contribution is -2.11. The van der Waals surface area contributed by atoms with Crippen molar-refractivity contribution in [3.8, 4) is 11.5 Å². The highest BCUT2D eigenvalue weighted by Crippen LogP contribution is 2.26. The minimum absolute atomic E-state index is 0.0409. The van der Waals surface area contributed by atoms with Crippen molar-refractivity contribution in [2.75, 3.05) is 13.7 Å². The van der Waals surface area contributed by atoms with Crippen LogP contribution in [0.3, 0.4) is 0 Å². The van der Waals surface area contributed by atoms with Crippen LogP contribution in [0.4, 0.5) is 4.39 Å². The Morgan fingerprint density at radius 3 is 2.55 bits per heavy atom. The summed E-state index contributed by atoms with van der Waals surface area (Å²) in [5.41, 5.74) is 1.12. The van der Waals surface area contributed by atoms with Gasteiger partial charge in [-0.2, -0.15) is 0 Å². The van der Waals surface area contributed by atoms with Gasteiger partial charge in [0.2, 0.25) is 0 Å². The van der Waals surface area contributed by atoms with Gasteiger partial charge in [0.25, 0.3) is 0 Å². The molecule has 106 valence electrons. The number of aliphatic hydroxyl groups is 1. The first-order valence-electron chi connectivity index (χ1n) is 6.32. The summed E-state index contributed by atoms with van der Waals surface area (Å²) < 4.78 is 24.3. The number of rotatable bonds is 5. The monoisotopic (exact) mass is 276 g/mol. The summed E-state index contributed by atoms with van der Waals surface area (Å²) in [5, 5.41) is 10.1. The van der Waals surface area contributed by atoms with Crippen molar-refractivity contribution in [3.63, 3.8) is 0 Å². The van der Waals surface area contributed by atoms with E-state index in [1.54, 1.807) is 37.3 Å². The maximum atomic E-state index is 13.8. The molecule has 0 aliphatic heterocycles. The van der Waals surface area contributed by atoms with Crippen LogP contribution in [-0.2, 0) is 0 Å². The zero-order valence-electron chi connectivity index (χ0n) is 11.5. The maximum absolute atomic E-state index is 13.8. The molecular weight excluding hydrogens is 259 g/mol. The van der Waals surface area contributed by atoms with Crippen molar-refractivity contribution in [1.82, 2.24) is 0 Å². The fourth-order valence-electron chi connectivity index (χ4n) is 1.93. The molecule has 0 bridgehead atoms. The summed E-state index contributed by atoms with van der Waals surface area (Å²) >= 11 is 0. The second-order valence-corrected chi connectivity index (χ2v) is 4.46. The van der Waals surface area contributed by atoms with Crippen molar-refractivity contribution in [2.24, 2.45) is 0 Å². The van der Waals surface area contributed by atoms with Crippen LogP contribution in [0.15, 0.2) is 42.5 Å². The molecule has 0 amide bonds. The number of para-hydroxylation sites is 1. The molecule has 1 atom stereocenters. The van der Waals surface area contributed by atoms with E-state index in [0.717, 1.165) is 0 Å². The molecule has 0 fully saturated rings. The highest BCUT2D eigenvalue weighted by molar-refractivity contribution is 5.35. The Morgan fingerprint density at radius 1 is 1.10 bits per heavy atom. The lowest BCUT2D eigenvalue weighted by Gasteiger charge is -2.16. The molecule has 0 saturated heterocycles. The quantitative estimate of drug-likeness (QED) is 0.911. The molecule has 0 aliphatic rings. The molecule has 2 aromatic carbocycles. The van der Waals surface area contributed by atoms with Gasteiger partial charge in [0.15, 0.2) is 11.6 Å². The molecule has 3 nitrogen and oxygen atoms in total. The first kappa shape index (κ1) is 14.3. The zero-order chi connectivity index (χ0) is 14.5. The van der Waals surface area contributed by atoms with Crippen LogP contribution in [0.2, 0.25) is 0 Å². The number of hydrogen-bond donors (Lipinski definition) is 1. The summed E-state index contributed by atoms with van der Waals surface area (Å²) in [5.74, 6) is 0.312. The van der Waals surface area contributed by atoms with Crippen LogP contribution in [0, 0.1) is 12.7 Å². The van der Waals surface area contributed by atoms with Crippen molar-refractivity contribution < 1.29 is 19.0 Å². The smallest absolute Gasteiger partial charge is 0.167 e. The summed E-state index contributed by atoms with van der Waals surface area (Å²) in [6, 6.07) is 12.0. The van der Waals surface area contributed by atoms with Crippen molar-refractivity contribution in [2.45, 2.75) is 13.0 Å². The number of ether oxygens (including phenoxy) is 2. The van der Waals surface area contributed by atoms with Crippen molar-refractivity contribution in [3.05, 3.63) is 59.4 Å². The molecule has 0 aliphatic carbocycles. The minimum Gasteiger partial charge on any atom is -0.496 e. The van der Waals surface area contributed by atoms with Gasteiger partial charge < -0.3 is 14.6 Å². The van der Waals surface area contributed by atoms with Crippen LogP contribution < -0.4 is 9.47 Å². The molecule has 2 aromatic rings. The Bertz CT molecular complexity index is 584. The van der Waals surface area contributed by atoms with Gasteiger partial charge >= 0.3 is 0 Å². The summed E-state index contributed by atoms with van der Waals surface area (Å²) in [4.78, 5) is 0. The molecule has 1 unspecified atom stereocenters. The molecule has 1 N–H and O–H groups in total. The average molecular weight is 276 g/mol. The molecule has 0 heterocycles. The van der Waals surface area contributed by atoms with E-state index >= 15 is 0 Å². The van der Waals surface area contributed by atoms with E-state index < -0.39 is 11.9 Å². The van der Waals surface area contributed by atoms with Crippen LogP contribution in [-0.4, -0.2) is 18.8 Å². The molecule has 0 saturated carbocycles. The van der Waals surface area contributed by atoms with E-state index in [0.29, 0.717) is 16.9 Å². The number of halogens is 1. The highest BCUT2D eigenvalue weighted by Gasteiger charge is 2.15. The predicted molar refractivity (Wildman–Crippen MR) is 74.6 cm³/mol. The van der Waals surface area contributed by atoms with Gasteiger partial charge in [0, 0.05) is 5.56 Å². The van der Waals surface area contributed by atoms with E-state index in [-0.39, 0.29) is 12.4 Å². The summed E-state index contributed by atoms with van der Waals surface area (Å²) in [6.07, 6.45) is -0.883. The average Bonchev–Trinajstić information content (AvgIpc) is 2.48. The third kappa shape index (κ3) is 3.08. The lowest BCUT2D eigenvalue weighted by atomic mass is 10.1. The second kappa shape index (κ2) is 6.39. The normalized spacial score (nSPS) is 12.0. The largest absolute Gasteiger partial charge is 0.496 e. The van der Waals surface area contributed by atoms with Gasteiger partial charge in [-0.05, 0) is 24.6 Å². The number of methoxy groups -OCH3 is 1. The van der Waals surface area contributed by atoms with Gasteiger partial charge in [-0.1, -0.05) is 30.3 Å². The van der Waals surface area contributed by atoms with E-state index in [9.17, 15) is 9.50 Å². The summed E-state index contributed by atoms with van der Waals surface area (Å²) in [7, 11) is 1.53. The fourth-order valence-corrected chi connectivity index (χ4v) is 1.93. The summed E-state index contributed by atoms with van der Waals surface area (Å²) in [6.45, 7) is 1.62. The number of aliphatic hydroxyl groups excluding tert-OH is 1. The number of aryl methyl sites for hydroxylation is 1. The Morgan fingerprint density at radius 2 is 1.80 bits per heavy atom. The van der Waals surface area contributed by atoms with Crippen molar-refractivity contribution in [1.29, 1.82) is 0 Å². The zero-order valence-corrected chi connectivity index (χ0v) is 11.5. The number of hydrogen-bond acceptors (Lipinski definition) is 3. The second-order valence-electron chi connectivity index (χ2n) is 4.46. The Hall–Kier alpha value is -2.07. The first-order chi connectivity index (χ1) is 9.63. The van der Waals surface area contributed by atoms with Crippen LogP contribution in [0.25, 0.3) is 0 Å².